The van der Waals surface area contributed by atoms with Crippen LogP contribution in [-0.4, -0.2) is 33.3 Å². The average Bonchev–Trinajstić information content (AvgIpc) is 2.96. The molecule has 0 spiro atoms. The molecule has 0 saturated carbocycles. The number of benzene rings is 1. The highest BCUT2D eigenvalue weighted by atomic mass is 16.5. The number of nitrogens with zero attached hydrogens (tertiary/aromatic N) is 3. The largest absolute Gasteiger partial charge is 0.480 e. The lowest BCUT2D eigenvalue weighted by molar-refractivity contribution is 0.0686. The molecule has 0 atom stereocenters. The average molecular weight is 271 g/mol. The standard InChI is InChI=1S/C13H9N3O4/c1-19-12-6-14-9-4-7(2-3-8(9)15-12)11-5-10(13(17)18)16-20-11/h2-6H,1H3,(H,17,18). The molecule has 0 aliphatic rings. The number of aromatic nitrogens is 3. The van der Waals surface area contributed by atoms with Crippen molar-refractivity contribution in [2.75, 3.05) is 7.11 Å². The lowest BCUT2D eigenvalue weighted by Crippen LogP contribution is -1.94. The van der Waals surface area contributed by atoms with Crippen LogP contribution >= 0.6 is 0 Å². The van der Waals surface area contributed by atoms with Crippen molar-refractivity contribution in [2.45, 2.75) is 0 Å². The fourth-order valence-corrected chi connectivity index (χ4v) is 1.76. The van der Waals surface area contributed by atoms with Gasteiger partial charge in [-0.1, -0.05) is 5.16 Å². The van der Waals surface area contributed by atoms with Crippen molar-refractivity contribution in [3.63, 3.8) is 0 Å². The molecule has 0 fully saturated rings. The van der Waals surface area contributed by atoms with Crippen LogP contribution in [0.1, 0.15) is 10.5 Å². The van der Waals surface area contributed by atoms with Gasteiger partial charge in [-0.2, -0.15) is 0 Å². The zero-order valence-electron chi connectivity index (χ0n) is 10.4. The second kappa shape index (κ2) is 4.61. The SMILES string of the molecule is COc1cnc2cc(-c3cc(C(=O)O)no3)ccc2n1. The van der Waals surface area contributed by atoms with Crippen molar-refractivity contribution in [1.82, 2.24) is 15.1 Å². The Morgan fingerprint density at radius 1 is 1.30 bits per heavy atom. The number of fused-ring (bicyclic) bond motifs is 1. The highest BCUT2D eigenvalue weighted by Crippen LogP contribution is 2.24. The third-order valence-electron chi connectivity index (χ3n) is 2.74. The maximum Gasteiger partial charge on any atom is 0.358 e. The molecule has 1 aromatic carbocycles. The molecule has 1 N–H and O–H groups in total. The Morgan fingerprint density at radius 2 is 2.15 bits per heavy atom. The molecule has 3 rings (SSSR count). The van der Waals surface area contributed by atoms with Gasteiger partial charge in [0.25, 0.3) is 0 Å². The van der Waals surface area contributed by atoms with E-state index in [4.69, 9.17) is 14.4 Å². The van der Waals surface area contributed by atoms with Crippen LogP contribution in [0.15, 0.2) is 35.0 Å². The number of carboxylic acids is 1. The molecule has 0 unspecified atom stereocenters. The monoisotopic (exact) mass is 271 g/mol. The van der Waals surface area contributed by atoms with E-state index >= 15 is 0 Å². The maximum absolute atomic E-state index is 10.8. The molecule has 2 aromatic heterocycles. The zero-order chi connectivity index (χ0) is 14.1. The Kier molecular flexibility index (Phi) is 2.79. The molecule has 100 valence electrons. The van der Waals surface area contributed by atoms with Crippen LogP contribution in [0.2, 0.25) is 0 Å². The van der Waals surface area contributed by atoms with Crippen molar-refractivity contribution in [3.05, 3.63) is 36.2 Å². The van der Waals surface area contributed by atoms with Gasteiger partial charge in [0.1, 0.15) is 0 Å². The van der Waals surface area contributed by atoms with Gasteiger partial charge < -0.3 is 14.4 Å². The Hall–Kier alpha value is -2.96. The first-order valence-electron chi connectivity index (χ1n) is 5.68. The molecule has 20 heavy (non-hydrogen) atoms. The minimum atomic E-state index is -1.13. The van der Waals surface area contributed by atoms with E-state index in [2.05, 4.69) is 15.1 Å². The number of carbonyl (C=O) groups is 1. The summed E-state index contributed by atoms with van der Waals surface area (Å²) in [6.07, 6.45) is 1.51. The Bertz CT molecular complexity index is 797. The van der Waals surface area contributed by atoms with Crippen molar-refractivity contribution in [2.24, 2.45) is 0 Å². The number of rotatable bonds is 3. The second-order valence-corrected chi connectivity index (χ2v) is 4.00. The quantitative estimate of drug-likeness (QED) is 0.777. The Labute approximate surface area is 112 Å². The number of methoxy groups -OCH3 is 1. The molecule has 0 bridgehead atoms. The van der Waals surface area contributed by atoms with Gasteiger partial charge in [0.2, 0.25) is 5.88 Å². The van der Waals surface area contributed by atoms with Crippen molar-refractivity contribution >= 4 is 17.0 Å². The maximum atomic E-state index is 10.8. The predicted molar refractivity (Wildman–Crippen MR) is 68.5 cm³/mol. The predicted octanol–water partition coefficient (Wildman–Crippen LogP) is 1.99. The van der Waals surface area contributed by atoms with Crippen LogP contribution in [0.4, 0.5) is 0 Å². The minimum absolute atomic E-state index is 0.138. The zero-order valence-corrected chi connectivity index (χ0v) is 10.4. The topological polar surface area (TPSA) is 98.3 Å². The van der Waals surface area contributed by atoms with Crippen LogP contribution in [-0.2, 0) is 0 Å². The van der Waals surface area contributed by atoms with Crippen LogP contribution in [0.5, 0.6) is 5.88 Å². The Balaban J connectivity index is 2.05. The number of hydrogen-bond acceptors (Lipinski definition) is 6. The van der Waals surface area contributed by atoms with Gasteiger partial charge in [-0.05, 0) is 18.2 Å². The molecule has 0 aliphatic carbocycles. The lowest BCUT2D eigenvalue weighted by Gasteiger charge is -2.01. The molecule has 7 nitrogen and oxygen atoms in total. The highest BCUT2D eigenvalue weighted by Gasteiger charge is 2.13. The van der Waals surface area contributed by atoms with Gasteiger partial charge in [-0.25, -0.2) is 14.8 Å². The smallest absolute Gasteiger partial charge is 0.358 e. The molecule has 0 saturated heterocycles. The van der Waals surface area contributed by atoms with Gasteiger partial charge in [-0.3, -0.25) is 0 Å². The van der Waals surface area contributed by atoms with E-state index in [0.717, 1.165) is 0 Å². The van der Waals surface area contributed by atoms with Crippen molar-refractivity contribution in [1.29, 1.82) is 0 Å². The fourth-order valence-electron chi connectivity index (χ4n) is 1.76. The third-order valence-corrected chi connectivity index (χ3v) is 2.74. The summed E-state index contributed by atoms with van der Waals surface area (Å²) < 4.78 is 10.0. The summed E-state index contributed by atoms with van der Waals surface area (Å²) in [5, 5.41) is 12.3. The van der Waals surface area contributed by atoms with E-state index in [0.29, 0.717) is 28.2 Å². The van der Waals surface area contributed by atoms with Crippen LogP contribution < -0.4 is 4.74 Å². The molecule has 0 radical (unpaired) electrons. The van der Waals surface area contributed by atoms with E-state index in [1.807, 2.05) is 0 Å². The molecular weight excluding hydrogens is 262 g/mol. The van der Waals surface area contributed by atoms with Crippen LogP contribution in [0.3, 0.4) is 0 Å². The van der Waals surface area contributed by atoms with E-state index < -0.39 is 5.97 Å². The van der Waals surface area contributed by atoms with E-state index in [1.54, 1.807) is 18.2 Å². The van der Waals surface area contributed by atoms with Gasteiger partial charge in [0, 0.05) is 11.6 Å². The van der Waals surface area contributed by atoms with Crippen molar-refractivity contribution < 1.29 is 19.2 Å². The normalized spacial score (nSPS) is 10.7. The van der Waals surface area contributed by atoms with Gasteiger partial charge in [0.05, 0.1) is 24.3 Å². The summed E-state index contributed by atoms with van der Waals surface area (Å²) >= 11 is 0. The Morgan fingerprint density at radius 3 is 2.85 bits per heavy atom. The summed E-state index contributed by atoms with van der Waals surface area (Å²) in [4.78, 5) is 19.2. The minimum Gasteiger partial charge on any atom is -0.480 e. The lowest BCUT2D eigenvalue weighted by atomic mass is 10.1. The first-order valence-corrected chi connectivity index (χ1v) is 5.68. The molecule has 3 aromatic rings. The summed E-state index contributed by atoms with van der Waals surface area (Å²) in [7, 11) is 1.52. The number of ether oxygens (including phenoxy) is 1. The number of carboxylic acid groups (broad SMARTS) is 1. The summed E-state index contributed by atoms with van der Waals surface area (Å²) in [5.74, 6) is -0.342. The van der Waals surface area contributed by atoms with Crippen LogP contribution in [0, 0.1) is 0 Å². The first kappa shape index (κ1) is 12.1. The van der Waals surface area contributed by atoms with E-state index in [-0.39, 0.29) is 5.69 Å². The molecule has 0 aliphatic heterocycles. The molecule has 0 amide bonds. The molecular formula is C13H9N3O4. The summed E-state index contributed by atoms with van der Waals surface area (Å²) in [6, 6.07) is 6.61. The van der Waals surface area contributed by atoms with E-state index in [9.17, 15) is 4.79 Å². The number of hydrogen-bond donors (Lipinski definition) is 1. The fraction of sp³-hybridized carbons (Fsp3) is 0.0769. The van der Waals surface area contributed by atoms with E-state index in [1.165, 1.54) is 19.4 Å². The molecule has 2 heterocycles. The highest BCUT2D eigenvalue weighted by molar-refractivity contribution is 5.87. The van der Waals surface area contributed by atoms with Crippen molar-refractivity contribution in [3.8, 4) is 17.2 Å². The number of aromatic carboxylic acids is 1. The first-order chi connectivity index (χ1) is 9.67. The van der Waals surface area contributed by atoms with Gasteiger partial charge >= 0.3 is 5.97 Å². The summed E-state index contributed by atoms with van der Waals surface area (Å²) in [6.45, 7) is 0. The van der Waals surface area contributed by atoms with Crippen LogP contribution in [0.25, 0.3) is 22.4 Å². The second-order valence-electron chi connectivity index (χ2n) is 4.00. The van der Waals surface area contributed by atoms with Gasteiger partial charge in [0.15, 0.2) is 11.5 Å². The third kappa shape index (κ3) is 2.05. The summed E-state index contributed by atoms with van der Waals surface area (Å²) in [5.41, 5.74) is 1.86. The van der Waals surface area contributed by atoms with Gasteiger partial charge in [-0.15, -0.1) is 0 Å². The molecule has 7 heteroatoms.